The normalized spacial score (nSPS) is 22.8. The topological polar surface area (TPSA) is 88.6 Å². The third kappa shape index (κ3) is 5.23. The molecular weight excluding hydrogens is 485 g/mol. The minimum absolute atomic E-state index is 0.0186. The number of halogens is 2. The predicted octanol–water partition coefficient (Wildman–Crippen LogP) is 4.27. The van der Waals surface area contributed by atoms with E-state index in [1.54, 1.807) is 44.2 Å². The van der Waals surface area contributed by atoms with E-state index in [0.29, 0.717) is 15.8 Å². The van der Waals surface area contributed by atoms with Crippen LogP contribution in [0.1, 0.15) is 39.5 Å². The molecule has 0 saturated carbocycles. The van der Waals surface area contributed by atoms with Crippen molar-refractivity contribution in [2.45, 2.75) is 68.2 Å². The maximum atomic E-state index is 13.0. The fourth-order valence-corrected chi connectivity index (χ4v) is 5.66. The lowest BCUT2D eigenvalue weighted by Gasteiger charge is -2.40. The van der Waals surface area contributed by atoms with Crippen molar-refractivity contribution >= 4 is 44.8 Å². The standard InChI is InChI=1S/C23H27Cl2N3O4S/c1-23(2,32-20-8-4-14(24)10-19(20)25)22(29)27-15-11-16-5-6-17(12-15)28(16)21-9-7-18(13-26-21)33(3,30)31/h4,7-10,13,15-17H,5-6,11-12H2,1-3H3,(H,27,29). The quantitative estimate of drug-likeness (QED) is 0.622. The molecule has 2 bridgehead atoms. The van der Waals surface area contributed by atoms with Crippen LogP contribution in [0.15, 0.2) is 41.4 Å². The number of nitrogens with zero attached hydrogens (tertiary/aromatic N) is 2. The third-order valence-electron chi connectivity index (χ3n) is 6.29. The van der Waals surface area contributed by atoms with Crippen LogP contribution in [0.3, 0.4) is 0 Å². The number of carbonyl (C=O) groups excluding carboxylic acids is 1. The molecule has 2 aliphatic heterocycles. The van der Waals surface area contributed by atoms with Gasteiger partial charge in [-0.2, -0.15) is 0 Å². The molecule has 3 heterocycles. The van der Waals surface area contributed by atoms with Gasteiger partial charge in [-0.05, 0) is 69.9 Å². The van der Waals surface area contributed by atoms with Gasteiger partial charge in [0, 0.05) is 35.6 Å². The summed E-state index contributed by atoms with van der Waals surface area (Å²) in [7, 11) is -3.28. The number of hydrogen-bond acceptors (Lipinski definition) is 6. The highest BCUT2D eigenvalue weighted by Gasteiger charge is 2.43. The van der Waals surface area contributed by atoms with Crippen LogP contribution in [-0.4, -0.2) is 49.3 Å². The molecular formula is C23H27Cl2N3O4S. The van der Waals surface area contributed by atoms with E-state index < -0.39 is 15.4 Å². The van der Waals surface area contributed by atoms with Crippen LogP contribution in [0, 0.1) is 0 Å². The molecule has 0 aliphatic carbocycles. The Labute approximate surface area is 204 Å². The average Bonchev–Trinajstić information content (AvgIpc) is 3.00. The van der Waals surface area contributed by atoms with Crippen molar-refractivity contribution in [2.75, 3.05) is 11.2 Å². The summed E-state index contributed by atoms with van der Waals surface area (Å²) in [4.78, 5) is 19.9. The van der Waals surface area contributed by atoms with E-state index in [4.69, 9.17) is 27.9 Å². The molecule has 1 amide bonds. The zero-order valence-corrected chi connectivity index (χ0v) is 21.0. The first kappa shape index (κ1) is 24.1. The summed E-state index contributed by atoms with van der Waals surface area (Å²) in [6.07, 6.45) is 6.18. The summed E-state index contributed by atoms with van der Waals surface area (Å²) >= 11 is 12.1. The molecule has 1 aromatic heterocycles. The summed E-state index contributed by atoms with van der Waals surface area (Å²) in [6, 6.07) is 8.77. The van der Waals surface area contributed by atoms with Gasteiger partial charge < -0.3 is 15.0 Å². The monoisotopic (exact) mass is 511 g/mol. The molecule has 2 aliphatic rings. The van der Waals surface area contributed by atoms with Gasteiger partial charge in [-0.25, -0.2) is 13.4 Å². The lowest BCUT2D eigenvalue weighted by molar-refractivity contribution is -0.135. The number of fused-ring (bicyclic) bond motifs is 2. The second kappa shape index (κ2) is 8.96. The van der Waals surface area contributed by atoms with E-state index in [9.17, 15) is 13.2 Å². The molecule has 10 heteroatoms. The smallest absolute Gasteiger partial charge is 0.263 e. The van der Waals surface area contributed by atoms with Crippen molar-refractivity contribution in [3.8, 4) is 5.75 Å². The number of carbonyl (C=O) groups is 1. The van der Waals surface area contributed by atoms with Gasteiger partial charge in [0.25, 0.3) is 5.91 Å². The zero-order valence-electron chi connectivity index (χ0n) is 18.7. The number of piperidine rings is 1. The number of hydrogen-bond donors (Lipinski definition) is 1. The van der Waals surface area contributed by atoms with Gasteiger partial charge in [0.2, 0.25) is 0 Å². The van der Waals surface area contributed by atoms with E-state index in [1.165, 1.54) is 12.5 Å². The average molecular weight is 512 g/mol. The van der Waals surface area contributed by atoms with Crippen LogP contribution >= 0.6 is 23.2 Å². The van der Waals surface area contributed by atoms with Crippen molar-refractivity contribution in [2.24, 2.45) is 0 Å². The van der Waals surface area contributed by atoms with Crippen LogP contribution in [0.5, 0.6) is 5.75 Å². The predicted molar refractivity (Wildman–Crippen MR) is 129 cm³/mol. The highest BCUT2D eigenvalue weighted by atomic mass is 35.5. The Balaban J connectivity index is 1.41. The van der Waals surface area contributed by atoms with Crippen molar-refractivity contribution in [1.82, 2.24) is 10.3 Å². The summed E-state index contributed by atoms with van der Waals surface area (Å²) in [5.41, 5.74) is -1.11. The molecule has 1 N–H and O–H groups in total. The molecule has 2 saturated heterocycles. The first-order valence-corrected chi connectivity index (χ1v) is 13.5. The van der Waals surface area contributed by atoms with Crippen molar-refractivity contribution in [3.63, 3.8) is 0 Å². The number of ether oxygens (including phenoxy) is 1. The van der Waals surface area contributed by atoms with Crippen molar-refractivity contribution in [1.29, 1.82) is 0 Å². The minimum atomic E-state index is -3.28. The summed E-state index contributed by atoms with van der Waals surface area (Å²) < 4.78 is 29.4. The fraction of sp³-hybridized carbons (Fsp3) is 0.478. The lowest BCUT2D eigenvalue weighted by Crippen LogP contribution is -2.55. The highest BCUT2D eigenvalue weighted by Crippen LogP contribution is 2.39. The first-order chi connectivity index (χ1) is 15.4. The molecule has 7 nitrogen and oxygen atoms in total. The number of rotatable bonds is 6. The Morgan fingerprint density at radius 3 is 2.36 bits per heavy atom. The van der Waals surface area contributed by atoms with Crippen LogP contribution in [0.2, 0.25) is 10.0 Å². The van der Waals surface area contributed by atoms with Gasteiger partial charge in [0.15, 0.2) is 15.4 Å². The second-order valence-electron chi connectivity index (χ2n) is 9.25. The molecule has 0 spiro atoms. The van der Waals surface area contributed by atoms with E-state index in [0.717, 1.165) is 31.5 Å². The summed E-state index contributed by atoms with van der Waals surface area (Å²) in [6.45, 7) is 3.43. The summed E-state index contributed by atoms with van der Waals surface area (Å²) in [5, 5.41) is 4.00. The van der Waals surface area contributed by atoms with Gasteiger partial charge in [-0.1, -0.05) is 23.2 Å². The largest absolute Gasteiger partial charge is 0.476 e. The Kier molecular flexibility index (Phi) is 6.55. The van der Waals surface area contributed by atoms with Crippen LogP contribution < -0.4 is 15.0 Å². The second-order valence-corrected chi connectivity index (χ2v) is 12.1. The Morgan fingerprint density at radius 1 is 1.15 bits per heavy atom. The molecule has 2 atom stereocenters. The van der Waals surface area contributed by atoms with E-state index in [-0.39, 0.29) is 28.9 Å². The Hall–Kier alpha value is -2.03. The Morgan fingerprint density at radius 2 is 1.82 bits per heavy atom. The lowest BCUT2D eigenvalue weighted by atomic mass is 9.96. The SMILES string of the molecule is CC(C)(Oc1ccc(Cl)cc1Cl)C(=O)NC1CC2CCC(C1)N2c1ccc(S(C)(=O)=O)cn1. The zero-order chi connectivity index (χ0) is 24.0. The molecule has 1 aromatic carbocycles. The fourth-order valence-electron chi connectivity index (χ4n) is 4.65. The maximum Gasteiger partial charge on any atom is 0.263 e. The van der Waals surface area contributed by atoms with E-state index in [2.05, 4.69) is 15.2 Å². The van der Waals surface area contributed by atoms with Gasteiger partial charge in [0.05, 0.1) is 9.92 Å². The van der Waals surface area contributed by atoms with E-state index >= 15 is 0 Å². The summed E-state index contributed by atoms with van der Waals surface area (Å²) in [5.74, 6) is 0.974. The number of sulfone groups is 1. The molecule has 33 heavy (non-hydrogen) atoms. The molecule has 2 fully saturated rings. The van der Waals surface area contributed by atoms with Crippen molar-refractivity contribution < 1.29 is 17.9 Å². The Bertz CT molecular complexity index is 1140. The maximum absolute atomic E-state index is 13.0. The molecule has 0 radical (unpaired) electrons. The van der Waals surface area contributed by atoms with Crippen molar-refractivity contribution in [3.05, 3.63) is 46.6 Å². The molecule has 2 unspecified atom stereocenters. The first-order valence-electron chi connectivity index (χ1n) is 10.8. The highest BCUT2D eigenvalue weighted by molar-refractivity contribution is 7.90. The number of benzene rings is 1. The van der Waals surface area contributed by atoms with Gasteiger partial charge in [-0.3, -0.25) is 4.79 Å². The minimum Gasteiger partial charge on any atom is -0.476 e. The molecule has 178 valence electrons. The number of pyridine rings is 1. The number of nitrogens with one attached hydrogen (secondary N) is 1. The van der Waals surface area contributed by atoms with E-state index in [1.807, 2.05) is 0 Å². The number of amides is 1. The third-order valence-corrected chi connectivity index (χ3v) is 7.92. The van der Waals surface area contributed by atoms with Gasteiger partial charge in [0.1, 0.15) is 11.6 Å². The molecule has 2 aromatic rings. The van der Waals surface area contributed by atoms with Gasteiger partial charge in [-0.15, -0.1) is 0 Å². The number of aromatic nitrogens is 1. The van der Waals surface area contributed by atoms with Gasteiger partial charge >= 0.3 is 0 Å². The van der Waals surface area contributed by atoms with Crippen LogP contribution in [0.25, 0.3) is 0 Å². The number of anilines is 1. The van der Waals surface area contributed by atoms with Crippen LogP contribution in [-0.2, 0) is 14.6 Å². The van der Waals surface area contributed by atoms with Crippen LogP contribution in [0.4, 0.5) is 5.82 Å². The molecule has 4 rings (SSSR count).